The molecule has 1 aliphatic rings. The molecule has 3 aromatic rings. The summed E-state index contributed by atoms with van der Waals surface area (Å²) in [5.74, 6) is -0.601. The predicted molar refractivity (Wildman–Crippen MR) is 142 cm³/mol. The number of halogens is 1. The summed E-state index contributed by atoms with van der Waals surface area (Å²) in [5.41, 5.74) is 5.51. The monoisotopic (exact) mass is 509 g/mol. The van der Waals surface area contributed by atoms with Crippen LogP contribution in [-0.4, -0.2) is 71.4 Å². The summed E-state index contributed by atoms with van der Waals surface area (Å²) in [7, 11) is 3.62. The van der Waals surface area contributed by atoms with Crippen LogP contribution in [0.5, 0.6) is 0 Å². The third-order valence-electron chi connectivity index (χ3n) is 6.98. The van der Waals surface area contributed by atoms with Gasteiger partial charge in [-0.2, -0.15) is 5.10 Å². The number of likely N-dealkylation sites (N-methyl/N-ethyl adjacent to an activating group) is 2. The number of aryl methyl sites for hydroxylation is 3. The SMILES string of the molecule is CCNCCNC(=O)CN(CC(=O)N(C)N1Cc2ccc(F)cc2C1)c1cc2nn(C)c(C)c2cc1C. The average Bonchev–Trinajstić information content (AvgIpc) is 3.40. The van der Waals surface area contributed by atoms with Gasteiger partial charge in [0.05, 0.1) is 18.6 Å². The van der Waals surface area contributed by atoms with E-state index in [9.17, 15) is 14.0 Å². The molecular weight excluding hydrogens is 473 g/mol. The lowest BCUT2D eigenvalue weighted by Crippen LogP contribution is -2.48. The van der Waals surface area contributed by atoms with Crippen LogP contribution in [0.25, 0.3) is 10.9 Å². The number of nitrogens with zero attached hydrogens (tertiary/aromatic N) is 5. The molecule has 4 rings (SSSR count). The fourth-order valence-electron chi connectivity index (χ4n) is 4.71. The molecule has 2 N–H and O–H groups in total. The molecule has 0 saturated carbocycles. The van der Waals surface area contributed by atoms with E-state index in [-0.39, 0.29) is 30.7 Å². The first-order chi connectivity index (χ1) is 17.7. The van der Waals surface area contributed by atoms with E-state index in [0.717, 1.165) is 45.5 Å². The summed E-state index contributed by atoms with van der Waals surface area (Å²) >= 11 is 0. The van der Waals surface area contributed by atoms with Gasteiger partial charge in [0, 0.05) is 57.0 Å². The minimum atomic E-state index is -0.281. The number of rotatable bonds is 10. The Morgan fingerprint density at radius 2 is 1.84 bits per heavy atom. The summed E-state index contributed by atoms with van der Waals surface area (Å²) in [5, 5.41) is 15.2. The number of carbonyl (C=O) groups excluding carboxylic acids is 2. The molecule has 2 amide bonds. The lowest BCUT2D eigenvalue weighted by molar-refractivity contribution is -0.145. The van der Waals surface area contributed by atoms with E-state index in [1.54, 1.807) is 18.1 Å². The van der Waals surface area contributed by atoms with Crippen LogP contribution >= 0.6 is 0 Å². The van der Waals surface area contributed by atoms with Gasteiger partial charge in [0.2, 0.25) is 5.91 Å². The first-order valence-electron chi connectivity index (χ1n) is 12.6. The van der Waals surface area contributed by atoms with Crippen molar-refractivity contribution in [3.05, 3.63) is 58.5 Å². The van der Waals surface area contributed by atoms with Crippen molar-refractivity contribution in [3.63, 3.8) is 0 Å². The molecule has 37 heavy (non-hydrogen) atoms. The Morgan fingerprint density at radius 1 is 1.08 bits per heavy atom. The van der Waals surface area contributed by atoms with Gasteiger partial charge in [0.25, 0.3) is 5.91 Å². The first kappa shape index (κ1) is 26.6. The van der Waals surface area contributed by atoms with Gasteiger partial charge in [-0.15, -0.1) is 0 Å². The van der Waals surface area contributed by atoms with Crippen molar-refractivity contribution < 1.29 is 14.0 Å². The van der Waals surface area contributed by atoms with E-state index < -0.39 is 0 Å². The Hall–Kier alpha value is -3.50. The fourth-order valence-corrected chi connectivity index (χ4v) is 4.71. The lowest BCUT2D eigenvalue weighted by Gasteiger charge is -2.32. The topological polar surface area (TPSA) is 85.7 Å². The van der Waals surface area contributed by atoms with Crippen LogP contribution in [0.3, 0.4) is 0 Å². The van der Waals surface area contributed by atoms with Crippen LogP contribution in [0.15, 0.2) is 30.3 Å². The number of benzene rings is 2. The number of fused-ring (bicyclic) bond motifs is 2. The van der Waals surface area contributed by atoms with E-state index >= 15 is 0 Å². The summed E-state index contributed by atoms with van der Waals surface area (Å²) in [6.45, 7) is 9.06. The van der Waals surface area contributed by atoms with Crippen LogP contribution in [0.2, 0.25) is 0 Å². The van der Waals surface area contributed by atoms with Gasteiger partial charge >= 0.3 is 0 Å². The average molecular weight is 510 g/mol. The number of hydrazine groups is 1. The van der Waals surface area contributed by atoms with Gasteiger partial charge in [-0.3, -0.25) is 19.3 Å². The van der Waals surface area contributed by atoms with Crippen molar-refractivity contribution in [3.8, 4) is 0 Å². The standard InChI is InChI=1S/C27H36FN7O2/c1-6-29-9-10-30-26(36)16-34(25-13-24-23(11-18(25)2)19(3)32(4)31-24)17-27(37)33(5)35-14-20-7-8-22(28)12-21(20)15-35/h7-8,11-13,29H,6,9-10,14-17H2,1-5H3,(H,30,36). The number of hydrogen-bond acceptors (Lipinski definition) is 6. The van der Waals surface area contributed by atoms with Crippen LogP contribution in [0.4, 0.5) is 10.1 Å². The number of nitrogens with one attached hydrogen (secondary N) is 2. The second-order valence-electron chi connectivity index (χ2n) is 9.58. The molecule has 2 heterocycles. The molecule has 1 aromatic heterocycles. The molecule has 10 heteroatoms. The summed E-state index contributed by atoms with van der Waals surface area (Å²) in [6, 6.07) is 8.73. The van der Waals surface area contributed by atoms with Crippen molar-refractivity contribution in [1.29, 1.82) is 0 Å². The molecule has 0 atom stereocenters. The van der Waals surface area contributed by atoms with Gasteiger partial charge in [-0.1, -0.05) is 13.0 Å². The molecule has 0 bridgehead atoms. The Kier molecular flexibility index (Phi) is 8.09. The van der Waals surface area contributed by atoms with E-state index in [4.69, 9.17) is 0 Å². The highest BCUT2D eigenvalue weighted by Gasteiger charge is 2.27. The highest BCUT2D eigenvalue weighted by Crippen LogP contribution is 2.29. The minimum Gasteiger partial charge on any atom is -0.353 e. The number of amides is 2. The zero-order chi connectivity index (χ0) is 26.7. The van der Waals surface area contributed by atoms with Crippen LogP contribution in [0, 0.1) is 19.7 Å². The van der Waals surface area contributed by atoms with Gasteiger partial charge in [-0.25, -0.2) is 9.40 Å². The van der Waals surface area contributed by atoms with E-state index in [1.807, 2.05) is 48.5 Å². The Bertz CT molecular complexity index is 1310. The molecule has 0 spiro atoms. The van der Waals surface area contributed by atoms with E-state index in [2.05, 4.69) is 21.8 Å². The lowest BCUT2D eigenvalue weighted by atomic mass is 10.1. The van der Waals surface area contributed by atoms with Crippen molar-refractivity contribution in [2.45, 2.75) is 33.9 Å². The molecular formula is C27H36FN7O2. The third-order valence-corrected chi connectivity index (χ3v) is 6.98. The maximum absolute atomic E-state index is 13.7. The van der Waals surface area contributed by atoms with Crippen molar-refractivity contribution in [2.24, 2.45) is 7.05 Å². The molecule has 0 fully saturated rings. The zero-order valence-corrected chi connectivity index (χ0v) is 22.3. The minimum absolute atomic E-state index is 0.0104. The molecule has 9 nitrogen and oxygen atoms in total. The highest BCUT2D eigenvalue weighted by atomic mass is 19.1. The van der Waals surface area contributed by atoms with Crippen molar-refractivity contribution >= 4 is 28.4 Å². The van der Waals surface area contributed by atoms with Crippen molar-refractivity contribution in [2.75, 3.05) is 44.7 Å². The van der Waals surface area contributed by atoms with Crippen molar-refractivity contribution in [1.82, 2.24) is 30.4 Å². The van der Waals surface area contributed by atoms with Crippen LogP contribution in [0.1, 0.15) is 29.3 Å². The Morgan fingerprint density at radius 3 is 2.59 bits per heavy atom. The van der Waals surface area contributed by atoms with Crippen LogP contribution in [-0.2, 0) is 29.7 Å². The summed E-state index contributed by atoms with van der Waals surface area (Å²) in [4.78, 5) is 28.1. The highest BCUT2D eigenvalue weighted by molar-refractivity contribution is 5.91. The molecule has 2 aromatic carbocycles. The molecule has 0 unspecified atom stereocenters. The summed E-state index contributed by atoms with van der Waals surface area (Å²) in [6.07, 6.45) is 0. The maximum atomic E-state index is 13.7. The third kappa shape index (κ3) is 5.91. The number of anilines is 1. The molecule has 198 valence electrons. The normalized spacial score (nSPS) is 13.1. The number of carbonyl (C=O) groups is 2. The first-order valence-corrected chi connectivity index (χ1v) is 12.6. The fraction of sp³-hybridized carbons (Fsp3) is 0.444. The van der Waals surface area contributed by atoms with E-state index in [1.165, 1.54) is 12.1 Å². The molecule has 1 aliphatic heterocycles. The van der Waals surface area contributed by atoms with Gasteiger partial charge in [0.15, 0.2) is 0 Å². The second kappa shape index (κ2) is 11.3. The van der Waals surface area contributed by atoms with Gasteiger partial charge in [-0.05, 0) is 61.3 Å². The van der Waals surface area contributed by atoms with Gasteiger partial charge < -0.3 is 15.5 Å². The van der Waals surface area contributed by atoms with E-state index in [0.29, 0.717) is 26.2 Å². The predicted octanol–water partition coefficient (Wildman–Crippen LogP) is 2.25. The largest absolute Gasteiger partial charge is 0.353 e. The zero-order valence-electron chi connectivity index (χ0n) is 22.3. The second-order valence-corrected chi connectivity index (χ2v) is 9.58. The molecule has 0 saturated heterocycles. The Labute approximate surface area is 217 Å². The number of aromatic nitrogens is 2. The Balaban J connectivity index is 1.54. The maximum Gasteiger partial charge on any atom is 0.256 e. The van der Waals surface area contributed by atoms with Gasteiger partial charge in [0.1, 0.15) is 5.82 Å². The van der Waals surface area contributed by atoms with Crippen LogP contribution < -0.4 is 15.5 Å². The number of hydrogen-bond donors (Lipinski definition) is 2. The molecule has 0 radical (unpaired) electrons. The quantitative estimate of drug-likeness (QED) is 0.408. The molecule has 0 aliphatic carbocycles. The summed E-state index contributed by atoms with van der Waals surface area (Å²) < 4.78 is 15.5. The smallest absolute Gasteiger partial charge is 0.256 e.